The van der Waals surface area contributed by atoms with Crippen molar-refractivity contribution in [2.24, 2.45) is 11.7 Å². The maximum absolute atomic E-state index is 12.3. The van der Waals surface area contributed by atoms with Gasteiger partial charge in [0.15, 0.2) is 0 Å². The van der Waals surface area contributed by atoms with Gasteiger partial charge in [-0.05, 0) is 30.0 Å². The number of nitrogens with two attached hydrogens (primary N) is 1. The quantitative estimate of drug-likeness (QED) is 0.903. The molecule has 21 heavy (non-hydrogen) atoms. The smallest absolute Gasteiger partial charge is 0.250 e. The molecule has 3 rings (SSSR count). The lowest BCUT2D eigenvalue weighted by atomic mass is 10.1. The minimum atomic E-state index is -0.540. The van der Waals surface area contributed by atoms with Crippen LogP contribution in [0.15, 0.2) is 54.6 Å². The molecule has 1 fully saturated rings. The summed E-state index contributed by atoms with van der Waals surface area (Å²) < 4.78 is 0. The van der Waals surface area contributed by atoms with E-state index >= 15 is 0 Å². The van der Waals surface area contributed by atoms with Crippen LogP contribution in [-0.4, -0.2) is 11.8 Å². The summed E-state index contributed by atoms with van der Waals surface area (Å²) in [5.74, 6) is -0.362. The number of hydrogen-bond donors (Lipinski definition) is 2. The third kappa shape index (κ3) is 2.79. The highest BCUT2D eigenvalue weighted by atomic mass is 16.2. The molecule has 2 aromatic rings. The van der Waals surface area contributed by atoms with Crippen molar-refractivity contribution < 1.29 is 9.59 Å². The Labute approximate surface area is 123 Å². The first-order chi connectivity index (χ1) is 10.2. The van der Waals surface area contributed by atoms with Gasteiger partial charge >= 0.3 is 0 Å². The summed E-state index contributed by atoms with van der Waals surface area (Å²) >= 11 is 0. The Kier molecular flexibility index (Phi) is 3.44. The summed E-state index contributed by atoms with van der Waals surface area (Å²) in [6.07, 6.45) is 0.842. The van der Waals surface area contributed by atoms with E-state index in [-0.39, 0.29) is 17.7 Å². The number of nitrogens with one attached hydrogen (secondary N) is 1. The zero-order chi connectivity index (χ0) is 14.8. The molecule has 4 heteroatoms. The lowest BCUT2D eigenvalue weighted by molar-refractivity contribution is -0.117. The van der Waals surface area contributed by atoms with E-state index in [2.05, 4.69) is 5.32 Å². The van der Waals surface area contributed by atoms with E-state index in [1.165, 1.54) is 5.56 Å². The molecule has 0 unspecified atom stereocenters. The van der Waals surface area contributed by atoms with Gasteiger partial charge in [0.25, 0.3) is 5.91 Å². The molecule has 1 saturated carbocycles. The van der Waals surface area contributed by atoms with Gasteiger partial charge in [-0.15, -0.1) is 0 Å². The summed E-state index contributed by atoms with van der Waals surface area (Å²) in [4.78, 5) is 23.6. The first kappa shape index (κ1) is 13.4. The van der Waals surface area contributed by atoms with Crippen LogP contribution in [0.2, 0.25) is 0 Å². The van der Waals surface area contributed by atoms with Crippen molar-refractivity contribution >= 4 is 17.5 Å². The predicted molar refractivity (Wildman–Crippen MR) is 80.9 cm³/mol. The second kappa shape index (κ2) is 5.40. The molecule has 2 aromatic carbocycles. The Morgan fingerprint density at radius 1 is 1.00 bits per heavy atom. The van der Waals surface area contributed by atoms with E-state index in [0.717, 1.165) is 6.42 Å². The highest BCUT2D eigenvalue weighted by molar-refractivity contribution is 6.04. The first-order valence-corrected chi connectivity index (χ1v) is 6.91. The SMILES string of the molecule is NC(=O)c1ccccc1NC(=O)[C@@H]1C[C@H]1c1ccccc1. The normalized spacial score (nSPS) is 19.8. The zero-order valence-electron chi connectivity index (χ0n) is 11.5. The Balaban J connectivity index is 1.70. The summed E-state index contributed by atoms with van der Waals surface area (Å²) in [6.45, 7) is 0. The Morgan fingerprint density at radius 2 is 1.67 bits per heavy atom. The molecule has 0 aliphatic heterocycles. The molecule has 0 radical (unpaired) electrons. The van der Waals surface area contributed by atoms with Gasteiger partial charge in [-0.2, -0.15) is 0 Å². The molecule has 0 spiro atoms. The molecule has 0 aromatic heterocycles. The van der Waals surface area contributed by atoms with Crippen molar-refractivity contribution in [1.82, 2.24) is 0 Å². The molecule has 0 saturated heterocycles. The Bertz CT molecular complexity index is 682. The van der Waals surface area contributed by atoms with E-state index in [0.29, 0.717) is 11.3 Å². The molecule has 0 heterocycles. The topological polar surface area (TPSA) is 72.2 Å². The van der Waals surface area contributed by atoms with Gasteiger partial charge in [0.05, 0.1) is 11.3 Å². The molecular weight excluding hydrogens is 264 g/mol. The molecule has 1 aliphatic rings. The minimum Gasteiger partial charge on any atom is -0.366 e. The maximum Gasteiger partial charge on any atom is 0.250 e. The van der Waals surface area contributed by atoms with Gasteiger partial charge in [-0.3, -0.25) is 9.59 Å². The van der Waals surface area contributed by atoms with Crippen LogP contribution in [0.3, 0.4) is 0 Å². The fraction of sp³-hybridized carbons (Fsp3) is 0.176. The van der Waals surface area contributed by atoms with Gasteiger partial charge in [0.1, 0.15) is 0 Å². The molecule has 3 N–H and O–H groups in total. The van der Waals surface area contributed by atoms with E-state index in [1.54, 1.807) is 24.3 Å². The van der Waals surface area contributed by atoms with Crippen LogP contribution in [0.4, 0.5) is 5.69 Å². The van der Waals surface area contributed by atoms with Gasteiger partial charge in [-0.1, -0.05) is 42.5 Å². The van der Waals surface area contributed by atoms with Crippen LogP contribution < -0.4 is 11.1 Å². The summed E-state index contributed by atoms with van der Waals surface area (Å²) in [5.41, 5.74) is 7.31. The van der Waals surface area contributed by atoms with Gasteiger partial charge in [0, 0.05) is 5.92 Å². The van der Waals surface area contributed by atoms with Gasteiger partial charge in [-0.25, -0.2) is 0 Å². The third-order valence-corrected chi connectivity index (χ3v) is 3.81. The highest BCUT2D eigenvalue weighted by Gasteiger charge is 2.43. The average Bonchev–Trinajstić information content (AvgIpc) is 3.29. The number of carbonyl (C=O) groups excluding carboxylic acids is 2. The molecular formula is C17H16N2O2. The number of primary amides is 1. The van der Waals surface area contributed by atoms with E-state index < -0.39 is 5.91 Å². The van der Waals surface area contributed by atoms with Crippen LogP contribution in [0.1, 0.15) is 28.3 Å². The summed E-state index contributed by atoms with van der Waals surface area (Å²) in [7, 11) is 0. The molecule has 4 nitrogen and oxygen atoms in total. The lowest BCUT2D eigenvalue weighted by Gasteiger charge is -2.08. The standard InChI is InChI=1S/C17H16N2O2/c18-16(20)12-8-4-5-9-15(12)19-17(21)14-10-13(14)11-6-2-1-3-7-11/h1-9,13-14H,10H2,(H2,18,20)(H,19,21)/t13-,14+/m0/s1. The van der Waals surface area contributed by atoms with Crippen molar-refractivity contribution in [1.29, 1.82) is 0 Å². The summed E-state index contributed by atoms with van der Waals surface area (Å²) in [5, 5.41) is 2.81. The molecule has 2 atom stereocenters. The summed E-state index contributed by atoms with van der Waals surface area (Å²) in [6, 6.07) is 16.8. The largest absolute Gasteiger partial charge is 0.366 e. The molecule has 106 valence electrons. The Hall–Kier alpha value is -2.62. The van der Waals surface area contributed by atoms with Crippen molar-refractivity contribution in [3.63, 3.8) is 0 Å². The van der Waals surface area contributed by atoms with Crippen LogP contribution in [-0.2, 0) is 4.79 Å². The van der Waals surface area contributed by atoms with Crippen LogP contribution in [0.5, 0.6) is 0 Å². The minimum absolute atomic E-state index is 0.0340. The fourth-order valence-corrected chi connectivity index (χ4v) is 2.59. The van der Waals surface area contributed by atoms with E-state index in [4.69, 9.17) is 5.73 Å². The monoisotopic (exact) mass is 280 g/mol. The number of anilines is 1. The van der Waals surface area contributed by atoms with Crippen LogP contribution in [0, 0.1) is 5.92 Å². The molecule has 2 amide bonds. The van der Waals surface area contributed by atoms with Crippen molar-refractivity contribution in [3.8, 4) is 0 Å². The number of hydrogen-bond acceptors (Lipinski definition) is 2. The Morgan fingerprint density at radius 3 is 2.38 bits per heavy atom. The lowest BCUT2D eigenvalue weighted by Crippen LogP contribution is -2.19. The number of para-hydroxylation sites is 1. The van der Waals surface area contributed by atoms with Gasteiger partial charge in [0.2, 0.25) is 5.91 Å². The average molecular weight is 280 g/mol. The van der Waals surface area contributed by atoms with Crippen molar-refractivity contribution in [2.45, 2.75) is 12.3 Å². The number of carbonyl (C=O) groups is 2. The van der Waals surface area contributed by atoms with Crippen molar-refractivity contribution in [2.75, 3.05) is 5.32 Å². The fourth-order valence-electron chi connectivity index (χ4n) is 2.59. The van der Waals surface area contributed by atoms with E-state index in [1.807, 2.05) is 30.3 Å². The predicted octanol–water partition coefficient (Wildman–Crippen LogP) is 2.53. The second-order valence-corrected chi connectivity index (χ2v) is 5.26. The molecule has 1 aliphatic carbocycles. The third-order valence-electron chi connectivity index (χ3n) is 3.81. The number of amides is 2. The van der Waals surface area contributed by atoms with E-state index in [9.17, 15) is 9.59 Å². The van der Waals surface area contributed by atoms with Crippen molar-refractivity contribution in [3.05, 3.63) is 65.7 Å². The highest BCUT2D eigenvalue weighted by Crippen LogP contribution is 2.47. The van der Waals surface area contributed by atoms with Gasteiger partial charge < -0.3 is 11.1 Å². The van der Waals surface area contributed by atoms with Crippen LogP contribution in [0.25, 0.3) is 0 Å². The first-order valence-electron chi connectivity index (χ1n) is 6.91. The number of benzene rings is 2. The second-order valence-electron chi connectivity index (χ2n) is 5.26. The zero-order valence-corrected chi connectivity index (χ0v) is 11.5. The van der Waals surface area contributed by atoms with Crippen LogP contribution >= 0.6 is 0 Å². The molecule has 0 bridgehead atoms. The maximum atomic E-state index is 12.3. The number of rotatable bonds is 4.